The maximum Gasteiger partial charge on any atom is 0.204 e. The lowest BCUT2D eigenvalue weighted by Crippen LogP contribution is -2.06. The van der Waals surface area contributed by atoms with E-state index in [0.717, 1.165) is 11.3 Å². The topological polar surface area (TPSA) is 78.4 Å². The van der Waals surface area contributed by atoms with Gasteiger partial charge in [0.05, 0.1) is 32.0 Å². The highest BCUT2D eigenvalue weighted by atomic mass is 79.9. The molecule has 0 aromatic heterocycles. The standard InChI is InChI=1S/C18H20BrN3O3S/c1-23-14-9-13(15(19)17(25-3)16(14)24-2)10-21-22-18(20)26-11-12-7-5-4-6-8-12/h4-10H,11H2,1-3H3,(H2,20,22). The molecule has 0 aliphatic carbocycles. The molecule has 2 rings (SSSR count). The third-order valence-corrected chi connectivity index (χ3v) is 5.05. The molecule has 2 aromatic rings. The number of nitrogens with zero attached hydrogens (tertiary/aromatic N) is 2. The molecule has 0 spiro atoms. The van der Waals surface area contributed by atoms with Gasteiger partial charge in [-0.05, 0) is 27.6 Å². The molecule has 6 nitrogen and oxygen atoms in total. The summed E-state index contributed by atoms with van der Waals surface area (Å²) >= 11 is 4.91. The average molecular weight is 438 g/mol. The van der Waals surface area contributed by atoms with E-state index in [4.69, 9.17) is 19.9 Å². The molecule has 8 heteroatoms. The summed E-state index contributed by atoms with van der Waals surface area (Å²) in [5.74, 6) is 2.29. The maximum atomic E-state index is 5.90. The van der Waals surface area contributed by atoms with Crippen LogP contribution in [0.25, 0.3) is 0 Å². The van der Waals surface area contributed by atoms with Gasteiger partial charge in [-0.15, -0.1) is 5.10 Å². The zero-order valence-electron chi connectivity index (χ0n) is 14.7. The molecule has 0 fully saturated rings. The fourth-order valence-electron chi connectivity index (χ4n) is 2.14. The van der Waals surface area contributed by atoms with Crippen LogP contribution in [0.2, 0.25) is 0 Å². The second-order valence-electron chi connectivity index (χ2n) is 5.01. The molecule has 0 aliphatic rings. The maximum absolute atomic E-state index is 5.90. The van der Waals surface area contributed by atoms with Gasteiger partial charge in [-0.2, -0.15) is 5.10 Å². The summed E-state index contributed by atoms with van der Waals surface area (Å²) in [7, 11) is 4.66. The van der Waals surface area contributed by atoms with Crippen LogP contribution in [0, 0.1) is 0 Å². The van der Waals surface area contributed by atoms with Crippen LogP contribution in [0.5, 0.6) is 17.2 Å². The van der Waals surface area contributed by atoms with Gasteiger partial charge in [0.25, 0.3) is 0 Å². The van der Waals surface area contributed by atoms with Crippen molar-refractivity contribution in [2.75, 3.05) is 21.3 Å². The van der Waals surface area contributed by atoms with Gasteiger partial charge in [-0.1, -0.05) is 42.1 Å². The smallest absolute Gasteiger partial charge is 0.204 e. The molecule has 0 atom stereocenters. The van der Waals surface area contributed by atoms with Crippen molar-refractivity contribution >= 4 is 39.1 Å². The number of ether oxygens (including phenoxy) is 3. The molecule has 0 radical (unpaired) electrons. The third-order valence-electron chi connectivity index (χ3n) is 3.38. The van der Waals surface area contributed by atoms with Crippen LogP contribution >= 0.6 is 27.7 Å². The first-order valence-corrected chi connectivity index (χ1v) is 9.40. The molecule has 2 aromatic carbocycles. The Morgan fingerprint density at radius 1 is 1.12 bits per heavy atom. The number of amidine groups is 1. The van der Waals surface area contributed by atoms with Crippen LogP contribution in [-0.2, 0) is 5.75 Å². The van der Waals surface area contributed by atoms with Crippen molar-refractivity contribution in [1.29, 1.82) is 0 Å². The van der Waals surface area contributed by atoms with Gasteiger partial charge in [-0.25, -0.2) is 0 Å². The van der Waals surface area contributed by atoms with Gasteiger partial charge in [0.1, 0.15) is 0 Å². The summed E-state index contributed by atoms with van der Waals surface area (Å²) in [4.78, 5) is 0. The Hall–Kier alpha value is -2.19. The largest absolute Gasteiger partial charge is 0.493 e. The second-order valence-corrected chi connectivity index (χ2v) is 6.79. The van der Waals surface area contributed by atoms with Crippen molar-refractivity contribution in [3.05, 3.63) is 52.0 Å². The molecule has 0 saturated carbocycles. The zero-order chi connectivity index (χ0) is 18.9. The first-order valence-electron chi connectivity index (χ1n) is 7.62. The molecule has 0 unspecified atom stereocenters. The highest BCUT2D eigenvalue weighted by Crippen LogP contribution is 2.44. The fourth-order valence-corrected chi connectivity index (χ4v) is 3.31. The molecule has 0 aliphatic heterocycles. The van der Waals surface area contributed by atoms with E-state index in [1.165, 1.54) is 17.3 Å². The third kappa shape index (κ3) is 5.15. The quantitative estimate of drug-likeness (QED) is 0.401. The Balaban J connectivity index is 2.14. The lowest BCUT2D eigenvalue weighted by atomic mass is 10.2. The Bertz CT molecular complexity index is 798. The number of rotatable bonds is 7. The molecule has 0 heterocycles. The molecule has 138 valence electrons. The monoisotopic (exact) mass is 437 g/mol. The molecular formula is C18H20BrN3O3S. The summed E-state index contributed by atoms with van der Waals surface area (Å²) in [6, 6.07) is 11.8. The zero-order valence-corrected chi connectivity index (χ0v) is 17.1. The van der Waals surface area contributed by atoms with Crippen molar-refractivity contribution in [2.24, 2.45) is 15.9 Å². The summed E-state index contributed by atoms with van der Waals surface area (Å²) in [6.07, 6.45) is 1.57. The summed E-state index contributed by atoms with van der Waals surface area (Å²) in [6.45, 7) is 0. The van der Waals surface area contributed by atoms with E-state index < -0.39 is 0 Å². The lowest BCUT2D eigenvalue weighted by molar-refractivity contribution is 0.323. The van der Waals surface area contributed by atoms with E-state index in [2.05, 4.69) is 26.1 Å². The lowest BCUT2D eigenvalue weighted by Gasteiger charge is -2.14. The van der Waals surface area contributed by atoms with Crippen LogP contribution in [0.3, 0.4) is 0 Å². The van der Waals surface area contributed by atoms with Gasteiger partial charge in [-0.3, -0.25) is 0 Å². The van der Waals surface area contributed by atoms with Gasteiger partial charge in [0.2, 0.25) is 5.75 Å². The van der Waals surface area contributed by atoms with E-state index in [1.54, 1.807) is 33.6 Å². The summed E-state index contributed by atoms with van der Waals surface area (Å²) < 4.78 is 16.7. The van der Waals surface area contributed by atoms with E-state index >= 15 is 0 Å². The summed E-state index contributed by atoms with van der Waals surface area (Å²) in [5, 5.41) is 8.46. The van der Waals surface area contributed by atoms with Gasteiger partial charge < -0.3 is 19.9 Å². The number of thioether (sulfide) groups is 1. The predicted octanol–water partition coefficient (Wildman–Crippen LogP) is 4.06. The summed E-state index contributed by atoms with van der Waals surface area (Å²) in [5.41, 5.74) is 7.80. The van der Waals surface area contributed by atoms with Crippen LogP contribution in [0.4, 0.5) is 0 Å². The van der Waals surface area contributed by atoms with Gasteiger partial charge in [0, 0.05) is 11.3 Å². The van der Waals surface area contributed by atoms with Crippen LogP contribution < -0.4 is 19.9 Å². The van der Waals surface area contributed by atoms with E-state index in [0.29, 0.717) is 26.9 Å². The number of halogens is 1. The molecular weight excluding hydrogens is 418 g/mol. The van der Waals surface area contributed by atoms with E-state index in [1.807, 2.05) is 30.3 Å². The highest BCUT2D eigenvalue weighted by Gasteiger charge is 2.18. The van der Waals surface area contributed by atoms with Crippen molar-refractivity contribution in [3.63, 3.8) is 0 Å². The Morgan fingerprint density at radius 3 is 2.42 bits per heavy atom. The van der Waals surface area contributed by atoms with E-state index in [-0.39, 0.29) is 0 Å². The van der Waals surface area contributed by atoms with Crippen molar-refractivity contribution in [3.8, 4) is 17.2 Å². The minimum absolute atomic E-state index is 0.383. The molecule has 0 amide bonds. The molecule has 2 N–H and O–H groups in total. The first kappa shape index (κ1) is 20.1. The Morgan fingerprint density at radius 2 is 1.81 bits per heavy atom. The van der Waals surface area contributed by atoms with Crippen molar-refractivity contribution in [2.45, 2.75) is 5.75 Å². The average Bonchev–Trinajstić information content (AvgIpc) is 2.67. The minimum Gasteiger partial charge on any atom is -0.493 e. The predicted molar refractivity (Wildman–Crippen MR) is 111 cm³/mol. The van der Waals surface area contributed by atoms with Crippen LogP contribution in [0.1, 0.15) is 11.1 Å². The van der Waals surface area contributed by atoms with Gasteiger partial charge in [0.15, 0.2) is 16.7 Å². The van der Waals surface area contributed by atoms with Crippen molar-refractivity contribution in [1.82, 2.24) is 0 Å². The molecule has 26 heavy (non-hydrogen) atoms. The Kier molecular flexibility index (Phi) is 7.80. The van der Waals surface area contributed by atoms with Gasteiger partial charge >= 0.3 is 0 Å². The molecule has 0 bridgehead atoms. The normalized spacial score (nSPS) is 11.6. The van der Waals surface area contributed by atoms with Crippen LogP contribution in [-0.4, -0.2) is 32.7 Å². The van der Waals surface area contributed by atoms with Crippen molar-refractivity contribution < 1.29 is 14.2 Å². The number of nitrogens with two attached hydrogens (primary N) is 1. The number of hydrogen-bond acceptors (Lipinski definition) is 6. The first-order chi connectivity index (χ1) is 12.6. The van der Waals surface area contributed by atoms with E-state index in [9.17, 15) is 0 Å². The fraction of sp³-hybridized carbons (Fsp3) is 0.222. The Labute approximate surface area is 165 Å². The number of methoxy groups -OCH3 is 3. The second kappa shape index (κ2) is 10.1. The number of hydrogen-bond donors (Lipinski definition) is 1. The SMILES string of the molecule is COc1cc(C=NN=C(N)SCc2ccccc2)c(Br)c(OC)c1OC. The van der Waals surface area contributed by atoms with Crippen LogP contribution in [0.15, 0.2) is 51.1 Å². The highest BCUT2D eigenvalue weighted by molar-refractivity contribution is 9.10. The number of benzene rings is 2. The minimum atomic E-state index is 0.383. The molecule has 0 saturated heterocycles.